The molecule has 0 radical (unpaired) electrons. The van der Waals surface area contributed by atoms with Crippen LogP contribution in [0.15, 0.2) is 182 Å². The van der Waals surface area contributed by atoms with E-state index >= 15 is 0 Å². The third-order valence-electron chi connectivity index (χ3n) is 9.87. The number of fused-ring (bicyclic) bond motifs is 5. The molecule has 0 N–H and O–H groups in total. The van der Waals surface area contributed by atoms with E-state index < -0.39 is 0 Å². The quantitative estimate of drug-likeness (QED) is 0.186. The number of rotatable bonds is 5. The molecule has 0 saturated carbocycles. The van der Waals surface area contributed by atoms with Gasteiger partial charge in [0.15, 0.2) is 5.82 Å². The Balaban J connectivity index is 1.09. The van der Waals surface area contributed by atoms with Crippen LogP contribution >= 0.6 is 0 Å². The van der Waals surface area contributed by atoms with Crippen LogP contribution in [0, 0.1) is 0 Å². The fourth-order valence-corrected chi connectivity index (χ4v) is 7.36. The maximum absolute atomic E-state index is 5.20. The monoisotopic (exact) mass is 650 g/mol. The van der Waals surface area contributed by atoms with Crippen LogP contribution in [0.2, 0.25) is 0 Å². The summed E-state index contributed by atoms with van der Waals surface area (Å²) in [7, 11) is 0. The Morgan fingerprint density at radius 3 is 1.78 bits per heavy atom. The average molecular weight is 651 g/mol. The molecule has 3 aromatic heterocycles. The van der Waals surface area contributed by atoms with E-state index in [2.05, 4.69) is 179 Å². The molecule has 0 aliphatic carbocycles. The van der Waals surface area contributed by atoms with E-state index in [1.165, 1.54) is 32.6 Å². The number of pyridine rings is 1. The van der Waals surface area contributed by atoms with Crippen molar-refractivity contribution in [1.29, 1.82) is 0 Å². The number of para-hydroxylation sites is 2. The van der Waals surface area contributed by atoms with Gasteiger partial charge in [0.2, 0.25) is 0 Å². The highest BCUT2D eigenvalue weighted by atomic mass is 15.0. The number of benzene rings is 7. The van der Waals surface area contributed by atoms with Gasteiger partial charge in [-0.05, 0) is 70.4 Å². The van der Waals surface area contributed by atoms with Crippen LogP contribution in [0.3, 0.4) is 0 Å². The summed E-state index contributed by atoms with van der Waals surface area (Å²) in [6.45, 7) is 0. The Morgan fingerprint density at radius 2 is 1.00 bits per heavy atom. The molecule has 7 aromatic carbocycles. The summed E-state index contributed by atoms with van der Waals surface area (Å²) < 4.78 is 2.34. The first kappa shape index (κ1) is 29.0. The van der Waals surface area contributed by atoms with Gasteiger partial charge in [-0.3, -0.25) is 4.98 Å². The van der Waals surface area contributed by atoms with E-state index in [4.69, 9.17) is 9.97 Å². The van der Waals surface area contributed by atoms with Crippen molar-refractivity contribution in [2.75, 3.05) is 0 Å². The zero-order valence-electron chi connectivity index (χ0n) is 27.6. The Morgan fingerprint density at radius 1 is 0.392 bits per heavy atom. The SMILES string of the molecule is c1cnc2ccc(-c3ccc(-c4nc(-c5ccc(-n6c7ccccc7c7ccccc76)cc5)cc(-c5cccc6ccccc56)n4)cc3)cc2c1. The zero-order chi connectivity index (χ0) is 33.7. The fraction of sp³-hybridized carbons (Fsp3) is 0. The predicted octanol–water partition coefficient (Wildman–Crippen LogP) is 11.9. The van der Waals surface area contributed by atoms with Crippen LogP contribution in [0.1, 0.15) is 0 Å². The molecule has 10 aromatic rings. The second-order valence-electron chi connectivity index (χ2n) is 12.9. The largest absolute Gasteiger partial charge is 0.309 e. The van der Waals surface area contributed by atoms with Crippen LogP contribution < -0.4 is 0 Å². The summed E-state index contributed by atoms with van der Waals surface area (Å²) in [6, 6.07) is 62.0. The molecular weight excluding hydrogens is 621 g/mol. The van der Waals surface area contributed by atoms with Crippen molar-refractivity contribution >= 4 is 43.5 Å². The van der Waals surface area contributed by atoms with Crippen LogP contribution in [0.4, 0.5) is 0 Å². The maximum Gasteiger partial charge on any atom is 0.160 e. The van der Waals surface area contributed by atoms with Gasteiger partial charge in [0.25, 0.3) is 0 Å². The summed E-state index contributed by atoms with van der Waals surface area (Å²) >= 11 is 0. The molecule has 0 aliphatic heterocycles. The topological polar surface area (TPSA) is 43.6 Å². The van der Waals surface area contributed by atoms with Crippen molar-refractivity contribution in [3.8, 4) is 50.7 Å². The van der Waals surface area contributed by atoms with E-state index in [-0.39, 0.29) is 0 Å². The highest BCUT2D eigenvalue weighted by molar-refractivity contribution is 6.09. The highest BCUT2D eigenvalue weighted by Gasteiger charge is 2.15. The van der Waals surface area contributed by atoms with Gasteiger partial charge in [0, 0.05) is 44.7 Å². The van der Waals surface area contributed by atoms with Crippen molar-refractivity contribution in [2.45, 2.75) is 0 Å². The first-order valence-electron chi connectivity index (χ1n) is 17.2. The number of aromatic nitrogens is 4. The molecule has 3 heterocycles. The van der Waals surface area contributed by atoms with Crippen molar-refractivity contribution < 1.29 is 0 Å². The molecule has 0 amide bonds. The van der Waals surface area contributed by atoms with Gasteiger partial charge in [0.05, 0.1) is 27.9 Å². The number of hydrogen-bond donors (Lipinski definition) is 0. The van der Waals surface area contributed by atoms with Gasteiger partial charge in [-0.15, -0.1) is 0 Å². The lowest BCUT2D eigenvalue weighted by molar-refractivity contribution is 1.17. The average Bonchev–Trinajstić information content (AvgIpc) is 3.55. The van der Waals surface area contributed by atoms with E-state index in [0.717, 1.165) is 55.8 Å². The van der Waals surface area contributed by atoms with E-state index in [1.54, 1.807) is 0 Å². The van der Waals surface area contributed by atoms with Crippen LogP contribution in [-0.4, -0.2) is 19.5 Å². The van der Waals surface area contributed by atoms with E-state index in [9.17, 15) is 0 Å². The highest BCUT2D eigenvalue weighted by Crippen LogP contribution is 2.35. The van der Waals surface area contributed by atoms with Crippen LogP contribution in [-0.2, 0) is 0 Å². The molecule has 4 heteroatoms. The molecule has 0 spiro atoms. The summed E-state index contributed by atoms with van der Waals surface area (Å²) in [5, 5.41) is 5.97. The van der Waals surface area contributed by atoms with Crippen LogP contribution in [0.25, 0.3) is 94.2 Å². The Labute approximate surface area is 295 Å². The van der Waals surface area contributed by atoms with Crippen molar-refractivity contribution in [1.82, 2.24) is 19.5 Å². The molecule has 10 rings (SSSR count). The predicted molar refractivity (Wildman–Crippen MR) is 211 cm³/mol. The normalized spacial score (nSPS) is 11.5. The number of hydrogen-bond acceptors (Lipinski definition) is 3. The van der Waals surface area contributed by atoms with Gasteiger partial charge in [-0.25, -0.2) is 9.97 Å². The summed E-state index contributed by atoms with van der Waals surface area (Å²) in [6.07, 6.45) is 1.83. The minimum atomic E-state index is 0.691. The molecule has 0 aliphatic rings. The number of nitrogens with zero attached hydrogens (tertiary/aromatic N) is 4. The molecule has 4 nitrogen and oxygen atoms in total. The molecule has 51 heavy (non-hydrogen) atoms. The summed E-state index contributed by atoms with van der Waals surface area (Å²) in [4.78, 5) is 14.9. The molecule has 0 saturated heterocycles. The van der Waals surface area contributed by atoms with E-state index in [0.29, 0.717) is 5.82 Å². The second kappa shape index (κ2) is 11.9. The molecule has 0 bridgehead atoms. The Bertz CT molecular complexity index is 2850. The van der Waals surface area contributed by atoms with Crippen molar-refractivity contribution in [3.05, 3.63) is 182 Å². The third kappa shape index (κ3) is 5.04. The first-order chi connectivity index (χ1) is 25.3. The summed E-state index contributed by atoms with van der Waals surface area (Å²) in [5.41, 5.74) is 11.6. The molecule has 0 atom stereocenters. The third-order valence-corrected chi connectivity index (χ3v) is 9.87. The molecular formula is C47H30N4. The standard InChI is InChI=1S/C47H30N4/c1-2-12-38-32(9-1)10-7-15-39(38)44-30-43(33-22-25-37(26-23-33)51-45-16-5-3-13-40(45)41-14-4-6-17-46(41)51)49-47(50-44)34-20-18-31(19-21-34)35-24-27-42-36(29-35)11-8-28-48-42/h1-30H. The summed E-state index contributed by atoms with van der Waals surface area (Å²) in [5.74, 6) is 0.691. The zero-order valence-corrected chi connectivity index (χ0v) is 27.6. The van der Waals surface area contributed by atoms with Gasteiger partial charge in [-0.1, -0.05) is 127 Å². The fourth-order valence-electron chi connectivity index (χ4n) is 7.36. The molecule has 0 fully saturated rings. The lowest BCUT2D eigenvalue weighted by Crippen LogP contribution is -1.97. The minimum absolute atomic E-state index is 0.691. The lowest BCUT2D eigenvalue weighted by atomic mass is 9.99. The van der Waals surface area contributed by atoms with Gasteiger partial charge < -0.3 is 4.57 Å². The maximum atomic E-state index is 5.20. The van der Waals surface area contributed by atoms with Crippen molar-refractivity contribution in [2.24, 2.45) is 0 Å². The smallest absolute Gasteiger partial charge is 0.160 e. The van der Waals surface area contributed by atoms with Gasteiger partial charge in [0.1, 0.15) is 0 Å². The lowest BCUT2D eigenvalue weighted by Gasteiger charge is -2.13. The molecule has 0 unspecified atom stereocenters. The Hall–Kier alpha value is -6.91. The van der Waals surface area contributed by atoms with E-state index in [1.807, 2.05) is 12.3 Å². The van der Waals surface area contributed by atoms with Crippen molar-refractivity contribution in [3.63, 3.8) is 0 Å². The van der Waals surface area contributed by atoms with Gasteiger partial charge in [-0.2, -0.15) is 0 Å². The Kier molecular flexibility index (Phi) is 6.78. The second-order valence-corrected chi connectivity index (χ2v) is 12.9. The first-order valence-corrected chi connectivity index (χ1v) is 17.2. The minimum Gasteiger partial charge on any atom is -0.309 e. The van der Waals surface area contributed by atoms with Crippen LogP contribution in [0.5, 0.6) is 0 Å². The van der Waals surface area contributed by atoms with Gasteiger partial charge >= 0.3 is 0 Å². The molecule has 238 valence electrons.